The number of ether oxygens (including phenoxy) is 1. The van der Waals surface area contributed by atoms with E-state index in [0.29, 0.717) is 5.92 Å². The maximum Gasteiger partial charge on any atom is 0.0973 e. The van der Waals surface area contributed by atoms with Crippen molar-refractivity contribution in [2.45, 2.75) is 45.8 Å². The zero-order chi connectivity index (χ0) is 13.5. The van der Waals surface area contributed by atoms with Gasteiger partial charge in [0.1, 0.15) is 0 Å². The monoisotopic (exact) mass is 269 g/mol. The van der Waals surface area contributed by atoms with Gasteiger partial charge in [-0.3, -0.25) is 0 Å². The van der Waals surface area contributed by atoms with Crippen LogP contribution in [0.1, 0.15) is 45.3 Å². The molecule has 0 heterocycles. The molecule has 2 nitrogen and oxygen atoms in total. The van der Waals surface area contributed by atoms with Gasteiger partial charge >= 0.3 is 0 Å². The van der Waals surface area contributed by atoms with Crippen LogP contribution in [0.25, 0.3) is 0 Å². The quantitative estimate of drug-likeness (QED) is 0.806. The molecule has 18 heavy (non-hydrogen) atoms. The first-order valence-corrected chi connectivity index (χ1v) is 7.08. The summed E-state index contributed by atoms with van der Waals surface area (Å²) in [5.74, 6) is 0.610. The molecule has 0 aliphatic rings. The van der Waals surface area contributed by atoms with Gasteiger partial charge < -0.3 is 10.5 Å². The number of nitrogens with two attached hydrogens (primary N) is 1. The van der Waals surface area contributed by atoms with Gasteiger partial charge in [-0.1, -0.05) is 50.4 Å². The standard InChI is InChI=1S/C15H24ClNO/c1-4-12(5-2)10-18-15(11(3)17)13-6-8-14(16)9-7-13/h6-9,11-12,15H,4-5,10,17H2,1-3H3. The van der Waals surface area contributed by atoms with E-state index < -0.39 is 0 Å². The largest absolute Gasteiger partial charge is 0.372 e. The highest BCUT2D eigenvalue weighted by Crippen LogP contribution is 2.24. The minimum Gasteiger partial charge on any atom is -0.372 e. The van der Waals surface area contributed by atoms with Crippen LogP contribution < -0.4 is 5.73 Å². The first-order valence-electron chi connectivity index (χ1n) is 6.71. The summed E-state index contributed by atoms with van der Waals surface area (Å²) in [4.78, 5) is 0. The summed E-state index contributed by atoms with van der Waals surface area (Å²) in [6.07, 6.45) is 2.23. The molecular formula is C15H24ClNO. The van der Waals surface area contributed by atoms with Crippen LogP contribution in [0.2, 0.25) is 5.02 Å². The van der Waals surface area contributed by atoms with Crippen LogP contribution in [-0.4, -0.2) is 12.6 Å². The van der Waals surface area contributed by atoms with E-state index in [4.69, 9.17) is 22.1 Å². The van der Waals surface area contributed by atoms with E-state index in [2.05, 4.69) is 13.8 Å². The van der Waals surface area contributed by atoms with Gasteiger partial charge in [0, 0.05) is 11.1 Å². The van der Waals surface area contributed by atoms with Crippen LogP contribution in [0.4, 0.5) is 0 Å². The first-order chi connectivity index (χ1) is 8.58. The Morgan fingerprint density at radius 3 is 2.17 bits per heavy atom. The minimum absolute atomic E-state index is 0.0273. The van der Waals surface area contributed by atoms with Gasteiger partial charge in [-0.2, -0.15) is 0 Å². The summed E-state index contributed by atoms with van der Waals surface area (Å²) < 4.78 is 6.01. The highest BCUT2D eigenvalue weighted by atomic mass is 35.5. The molecule has 102 valence electrons. The maximum atomic E-state index is 6.02. The van der Waals surface area contributed by atoms with Crippen molar-refractivity contribution in [1.82, 2.24) is 0 Å². The lowest BCUT2D eigenvalue weighted by Gasteiger charge is -2.24. The fourth-order valence-electron chi connectivity index (χ4n) is 1.97. The van der Waals surface area contributed by atoms with Crippen molar-refractivity contribution in [1.29, 1.82) is 0 Å². The summed E-state index contributed by atoms with van der Waals surface area (Å²) in [7, 11) is 0. The normalized spacial score (nSPS) is 14.8. The van der Waals surface area contributed by atoms with E-state index in [-0.39, 0.29) is 12.1 Å². The molecule has 0 aromatic heterocycles. The van der Waals surface area contributed by atoms with Crippen LogP contribution >= 0.6 is 11.6 Å². The number of hydrogen-bond donors (Lipinski definition) is 1. The van der Waals surface area contributed by atoms with Crippen molar-refractivity contribution in [3.05, 3.63) is 34.9 Å². The third-order valence-electron chi connectivity index (χ3n) is 3.34. The number of rotatable bonds is 7. The smallest absolute Gasteiger partial charge is 0.0973 e. The van der Waals surface area contributed by atoms with Crippen molar-refractivity contribution >= 4 is 11.6 Å². The maximum absolute atomic E-state index is 6.02. The average Bonchev–Trinajstić information content (AvgIpc) is 2.36. The summed E-state index contributed by atoms with van der Waals surface area (Å²) in [6.45, 7) is 7.13. The summed E-state index contributed by atoms with van der Waals surface area (Å²) in [5.41, 5.74) is 7.12. The van der Waals surface area contributed by atoms with Crippen molar-refractivity contribution < 1.29 is 4.74 Å². The van der Waals surface area contributed by atoms with Crippen LogP contribution in [0, 0.1) is 5.92 Å². The third kappa shape index (κ3) is 4.60. The van der Waals surface area contributed by atoms with Gasteiger partial charge in [-0.25, -0.2) is 0 Å². The SMILES string of the molecule is CCC(CC)COC(c1ccc(Cl)cc1)C(C)N. The van der Waals surface area contributed by atoms with Crippen molar-refractivity contribution in [2.75, 3.05) is 6.61 Å². The van der Waals surface area contributed by atoms with E-state index >= 15 is 0 Å². The van der Waals surface area contributed by atoms with Gasteiger partial charge in [0.25, 0.3) is 0 Å². The predicted molar refractivity (Wildman–Crippen MR) is 77.9 cm³/mol. The molecule has 1 rings (SSSR count). The van der Waals surface area contributed by atoms with Gasteiger partial charge in [-0.15, -0.1) is 0 Å². The molecule has 2 unspecified atom stereocenters. The van der Waals surface area contributed by atoms with Crippen LogP contribution in [0.3, 0.4) is 0 Å². The predicted octanol–water partition coefficient (Wildman–Crippen LogP) is 4.18. The van der Waals surface area contributed by atoms with E-state index in [0.717, 1.165) is 30.0 Å². The summed E-state index contributed by atoms with van der Waals surface area (Å²) in [6, 6.07) is 7.71. The molecule has 3 heteroatoms. The first kappa shape index (κ1) is 15.5. The minimum atomic E-state index is -0.0529. The molecule has 0 aliphatic carbocycles. The zero-order valence-corrected chi connectivity index (χ0v) is 12.3. The Hall–Kier alpha value is -0.570. The average molecular weight is 270 g/mol. The van der Waals surface area contributed by atoms with Gasteiger partial charge in [0.15, 0.2) is 0 Å². The second kappa shape index (κ2) is 7.78. The van der Waals surface area contributed by atoms with Gasteiger partial charge in [0.05, 0.1) is 12.7 Å². The van der Waals surface area contributed by atoms with Crippen molar-refractivity contribution in [3.63, 3.8) is 0 Å². The second-order valence-corrected chi connectivity index (χ2v) is 5.28. The van der Waals surface area contributed by atoms with Gasteiger partial charge in [-0.05, 0) is 30.5 Å². The highest BCUT2D eigenvalue weighted by Gasteiger charge is 2.18. The topological polar surface area (TPSA) is 35.2 Å². The van der Waals surface area contributed by atoms with E-state index in [1.54, 1.807) is 0 Å². The lowest BCUT2D eigenvalue weighted by atomic mass is 10.0. The molecule has 2 N–H and O–H groups in total. The molecule has 2 atom stereocenters. The lowest BCUT2D eigenvalue weighted by molar-refractivity contribution is 0.0141. The van der Waals surface area contributed by atoms with Crippen LogP contribution in [0.5, 0.6) is 0 Å². The second-order valence-electron chi connectivity index (χ2n) is 4.85. The molecule has 0 saturated heterocycles. The Morgan fingerprint density at radius 1 is 1.17 bits per heavy atom. The Kier molecular flexibility index (Phi) is 6.69. The highest BCUT2D eigenvalue weighted by molar-refractivity contribution is 6.30. The third-order valence-corrected chi connectivity index (χ3v) is 3.59. The molecule has 1 aromatic carbocycles. The van der Waals surface area contributed by atoms with Crippen LogP contribution in [-0.2, 0) is 4.74 Å². The molecule has 0 bridgehead atoms. The van der Waals surface area contributed by atoms with Crippen LogP contribution in [0.15, 0.2) is 24.3 Å². The Balaban J connectivity index is 2.68. The Morgan fingerprint density at radius 2 is 1.72 bits per heavy atom. The molecule has 0 fully saturated rings. The summed E-state index contributed by atoms with van der Waals surface area (Å²) >= 11 is 5.90. The van der Waals surface area contributed by atoms with Crippen molar-refractivity contribution in [3.8, 4) is 0 Å². The number of benzene rings is 1. The Bertz CT molecular complexity index is 333. The van der Waals surface area contributed by atoms with Gasteiger partial charge in [0.2, 0.25) is 0 Å². The fraction of sp³-hybridized carbons (Fsp3) is 0.600. The molecule has 0 radical (unpaired) electrons. The fourth-order valence-corrected chi connectivity index (χ4v) is 2.09. The van der Waals surface area contributed by atoms with E-state index in [9.17, 15) is 0 Å². The molecule has 0 saturated carbocycles. The lowest BCUT2D eigenvalue weighted by Crippen LogP contribution is -2.28. The molecule has 1 aromatic rings. The summed E-state index contributed by atoms with van der Waals surface area (Å²) in [5, 5.41) is 0.738. The molecular weight excluding hydrogens is 246 g/mol. The molecule has 0 spiro atoms. The van der Waals surface area contributed by atoms with E-state index in [1.807, 2.05) is 31.2 Å². The number of hydrogen-bond acceptors (Lipinski definition) is 2. The van der Waals surface area contributed by atoms with Crippen molar-refractivity contribution in [2.24, 2.45) is 11.7 Å². The Labute approximate surface area is 115 Å². The number of halogens is 1. The van der Waals surface area contributed by atoms with E-state index in [1.165, 1.54) is 0 Å². The molecule has 0 aliphatic heterocycles. The molecule has 0 amide bonds. The zero-order valence-electron chi connectivity index (χ0n) is 11.5.